The van der Waals surface area contributed by atoms with E-state index >= 15 is 0 Å². The lowest BCUT2D eigenvalue weighted by atomic mass is 9.70. The zero-order valence-electron chi connectivity index (χ0n) is 23.4. The molecular weight excluding hydrogens is 556 g/mol. The number of aromatic hydroxyl groups is 1. The van der Waals surface area contributed by atoms with E-state index in [2.05, 4.69) is 18.1 Å². The molecule has 0 spiro atoms. The first-order valence-corrected chi connectivity index (χ1v) is 15.8. The number of hydrogen-bond acceptors (Lipinski definition) is 4. The van der Waals surface area contributed by atoms with Gasteiger partial charge >= 0.3 is 0 Å². The molecule has 6 rings (SSSR count). The van der Waals surface area contributed by atoms with Crippen LogP contribution in [0.2, 0.25) is 0 Å². The van der Waals surface area contributed by atoms with Crippen LogP contribution in [-0.4, -0.2) is 40.7 Å². The summed E-state index contributed by atoms with van der Waals surface area (Å²) < 4.78 is 59.0. The van der Waals surface area contributed by atoms with Gasteiger partial charge in [0, 0.05) is 18.7 Å². The maximum atomic E-state index is 14.5. The molecule has 0 bridgehead atoms. The van der Waals surface area contributed by atoms with E-state index in [0.29, 0.717) is 24.9 Å². The van der Waals surface area contributed by atoms with Gasteiger partial charge < -0.3 is 5.11 Å². The molecule has 9 heteroatoms. The molecule has 0 amide bonds. The second-order valence-corrected chi connectivity index (χ2v) is 13.5. The van der Waals surface area contributed by atoms with E-state index in [1.165, 1.54) is 34.1 Å². The quantitative estimate of drug-likeness (QED) is 0.249. The Labute approximate surface area is 245 Å². The van der Waals surface area contributed by atoms with Crippen molar-refractivity contribution >= 4 is 16.1 Å². The first-order chi connectivity index (χ1) is 20.1. The van der Waals surface area contributed by atoms with E-state index in [-0.39, 0.29) is 35.0 Å². The van der Waals surface area contributed by atoms with Gasteiger partial charge in [-0.2, -0.15) is 5.10 Å². The minimum atomic E-state index is -3.88. The number of aromatic nitrogens is 2. The van der Waals surface area contributed by atoms with Crippen LogP contribution in [0.15, 0.2) is 84.6 Å². The van der Waals surface area contributed by atoms with Gasteiger partial charge in [0.05, 0.1) is 23.3 Å². The zero-order valence-corrected chi connectivity index (χ0v) is 24.2. The van der Waals surface area contributed by atoms with Crippen molar-refractivity contribution in [3.05, 3.63) is 119 Å². The Morgan fingerprint density at radius 2 is 1.74 bits per heavy atom. The number of para-hydroxylation sites is 1. The molecule has 2 atom stereocenters. The number of fused-ring (bicyclic) bond motifs is 2. The number of nitrogens with zero attached hydrogens (tertiary/aromatic N) is 3. The Kier molecular flexibility index (Phi) is 7.49. The van der Waals surface area contributed by atoms with Crippen LogP contribution >= 0.6 is 0 Å². The summed E-state index contributed by atoms with van der Waals surface area (Å²) >= 11 is 0. The van der Waals surface area contributed by atoms with Crippen LogP contribution in [0, 0.1) is 23.0 Å². The van der Waals surface area contributed by atoms with Crippen molar-refractivity contribution in [3.8, 4) is 11.4 Å². The van der Waals surface area contributed by atoms with Crippen LogP contribution in [0.4, 0.5) is 8.78 Å². The van der Waals surface area contributed by atoms with E-state index < -0.39 is 21.6 Å². The fourth-order valence-electron chi connectivity index (χ4n) is 6.47. The third-order valence-corrected chi connectivity index (χ3v) is 10.8. The van der Waals surface area contributed by atoms with Crippen molar-refractivity contribution < 1.29 is 22.3 Å². The van der Waals surface area contributed by atoms with E-state index in [0.717, 1.165) is 29.8 Å². The summed E-state index contributed by atoms with van der Waals surface area (Å²) in [5, 5.41) is 14.9. The van der Waals surface area contributed by atoms with Crippen molar-refractivity contribution in [2.75, 3.05) is 13.1 Å². The first kappa shape index (κ1) is 28.3. The van der Waals surface area contributed by atoms with Crippen molar-refractivity contribution in [2.45, 2.75) is 38.4 Å². The molecule has 6 nitrogen and oxygen atoms in total. The predicted molar refractivity (Wildman–Crippen MR) is 158 cm³/mol. The molecule has 2 aliphatic carbocycles. The fourth-order valence-corrected chi connectivity index (χ4v) is 8.06. The molecule has 0 aliphatic heterocycles. The summed E-state index contributed by atoms with van der Waals surface area (Å²) in [6.07, 6.45) is 6.70. The molecular formula is C33H33F2N3O3S. The average Bonchev–Trinajstić information content (AvgIpc) is 3.51. The Balaban J connectivity index is 1.28. The minimum Gasteiger partial charge on any atom is -0.508 e. The molecule has 218 valence electrons. The number of sulfonamides is 1. The lowest BCUT2D eigenvalue weighted by Gasteiger charge is -2.38. The van der Waals surface area contributed by atoms with Gasteiger partial charge in [-0.25, -0.2) is 26.2 Å². The summed E-state index contributed by atoms with van der Waals surface area (Å²) in [5.74, 6) is -1.12. The smallest absolute Gasteiger partial charge is 0.218 e. The normalized spacial score (nSPS) is 19.9. The molecule has 4 aromatic rings. The van der Waals surface area contributed by atoms with Crippen LogP contribution in [-0.2, 0) is 28.6 Å². The summed E-state index contributed by atoms with van der Waals surface area (Å²) in [6, 6.07) is 19.1. The molecule has 1 heterocycles. The summed E-state index contributed by atoms with van der Waals surface area (Å²) in [5.41, 5.74) is 4.59. The topological polar surface area (TPSA) is 75.4 Å². The highest BCUT2D eigenvalue weighted by Gasteiger charge is 2.47. The summed E-state index contributed by atoms with van der Waals surface area (Å²) in [7, 11) is -3.88. The van der Waals surface area contributed by atoms with E-state index in [1.54, 1.807) is 42.5 Å². The Morgan fingerprint density at radius 3 is 2.48 bits per heavy atom. The van der Waals surface area contributed by atoms with Gasteiger partial charge in [0.2, 0.25) is 10.0 Å². The highest BCUT2D eigenvalue weighted by atomic mass is 32.2. The number of hydrogen-bond donors (Lipinski definition) is 1. The van der Waals surface area contributed by atoms with E-state index in [4.69, 9.17) is 0 Å². The van der Waals surface area contributed by atoms with Gasteiger partial charge in [0.25, 0.3) is 0 Å². The SMILES string of the molecule is C[C@]12Cc3cnn(-c4ccc(F)cc4)c3C=C1CC[C@@H]2CN(CCc1ccccc1O)S(=O)(=O)Cc1ccccc1F. The maximum absolute atomic E-state index is 14.5. The molecule has 3 aromatic carbocycles. The monoisotopic (exact) mass is 589 g/mol. The van der Waals surface area contributed by atoms with Crippen LogP contribution in [0.25, 0.3) is 11.8 Å². The Morgan fingerprint density at radius 1 is 1.02 bits per heavy atom. The lowest BCUT2D eigenvalue weighted by Crippen LogP contribution is -2.42. The van der Waals surface area contributed by atoms with Gasteiger partial charge in [-0.05, 0) is 90.6 Å². The van der Waals surface area contributed by atoms with Gasteiger partial charge in [0.15, 0.2) is 0 Å². The van der Waals surface area contributed by atoms with E-state index in [9.17, 15) is 22.3 Å². The van der Waals surface area contributed by atoms with Gasteiger partial charge in [-0.15, -0.1) is 0 Å². The standard InChI is InChI=1S/C33H33F2N3O3S/c1-33-19-25-20-36-38(29-14-12-28(34)13-15-29)31(25)18-26(33)10-11-27(33)21-37(17-16-23-6-3-5-9-32(23)39)42(40,41)22-24-7-2-4-8-30(24)35/h2-9,12-15,18,20,27,39H,10-11,16-17,19,21-22H2,1H3/t27-,33+/m1/s1. The highest BCUT2D eigenvalue weighted by molar-refractivity contribution is 7.88. The zero-order chi connectivity index (χ0) is 29.5. The number of rotatable bonds is 9. The molecule has 0 saturated heterocycles. The molecule has 1 N–H and O–H groups in total. The molecule has 1 saturated carbocycles. The minimum absolute atomic E-state index is 0.0332. The van der Waals surface area contributed by atoms with E-state index in [1.807, 2.05) is 16.9 Å². The molecule has 1 fully saturated rings. The number of phenols is 1. The van der Waals surface area contributed by atoms with Crippen LogP contribution in [0.5, 0.6) is 5.75 Å². The largest absolute Gasteiger partial charge is 0.508 e. The van der Waals surface area contributed by atoms with Crippen molar-refractivity contribution in [1.82, 2.24) is 14.1 Å². The fraction of sp³-hybridized carbons (Fsp3) is 0.303. The molecule has 1 aromatic heterocycles. The average molecular weight is 590 g/mol. The number of benzene rings is 3. The lowest BCUT2D eigenvalue weighted by molar-refractivity contribution is 0.221. The first-order valence-electron chi connectivity index (χ1n) is 14.2. The van der Waals surface area contributed by atoms with Crippen molar-refractivity contribution in [3.63, 3.8) is 0 Å². The third kappa shape index (κ3) is 5.39. The number of halogens is 2. The summed E-state index contributed by atoms with van der Waals surface area (Å²) in [6.45, 7) is 2.66. The second-order valence-electron chi connectivity index (χ2n) is 11.5. The summed E-state index contributed by atoms with van der Waals surface area (Å²) in [4.78, 5) is 0. The van der Waals surface area contributed by atoms with Crippen LogP contribution < -0.4 is 0 Å². The molecule has 0 unspecified atom stereocenters. The predicted octanol–water partition coefficient (Wildman–Crippen LogP) is 6.29. The van der Waals surface area contributed by atoms with Gasteiger partial charge in [0.1, 0.15) is 17.4 Å². The van der Waals surface area contributed by atoms with Gasteiger partial charge in [-0.3, -0.25) is 0 Å². The van der Waals surface area contributed by atoms with Crippen LogP contribution in [0.1, 0.15) is 42.1 Å². The second kappa shape index (κ2) is 11.1. The van der Waals surface area contributed by atoms with Crippen molar-refractivity contribution in [1.29, 1.82) is 0 Å². The Bertz CT molecular complexity index is 1750. The molecule has 42 heavy (non-hydrogen) atoms. The third-order valence-electron chi connectivity index (χ3n) is 8.96. The number of allylic oxidation sites excluding steroid dienone is 1. The molecule has 2 aliphatic rings. The molecule has 0 radical (unpaired) electrons. The Hall–Kier alpha value is -3.82. The maximum Gasteiger partial charge on any atom is 0.218 e. The van der Waals surface area contributed by atoms with Crippen LogP contribution in [0.3, 0.4) is 0 Å². The highest BCUT2D eigenvalue weighted by Crippen LogP contribution is 2.53. The van der Waals surface area contributed by atoms with Crippen molar-refractivity contribution in [2.24, 2.45) is 11.3 Å². The number of phenolic OH excluding ortho intramolecular Hbond substituents is 1. The van der Waals surface area contributed by atoms with Gasteiger partial charge in [-0.1, -0.05) is 48.9 Å².